The minimum absolute atomic E-state index is 0.122. The zero-order chi connectivity index (χ0) is 25.3. The molecule has 2 heterocycles. The molecule has 0 radical (unpaired) electrons. The van der Waals surface area contributed by atoms with Crippen molar-refractivity contribution in [2.75, 3.05) is 13.6 Å². The van der Waals surface area contributed by atoms with Gasteiger partial charge in [0.15, 0.2) is 5.84 Å². The first-order valence-corrected chi connectivity index (χ1v) is 11.2. The second kappa shape index (κ2) is 12.2. The van der Waals surface area contributed by atoms with Gasteiger partial charge in [-0.3, -0.25) is 9.79 Å². The molecule has 2 aromatic rings. The number of hydrogen-bond acceptors (Lipinski definition) is 4. The van der Waals surface area contributed by atoms with E-state index in [0.717, 1.165) is 35.4 Å². The molecule has 5 nitrogen and oxygen atoms in total. The van der Waals surface area contributed by atoms with Crippen molar-refractivity contribution >= 4 is 30.5 Å². The number of allylic oxidation sites excluding steroid dienone is 2. The van der Waals surface area contributed by atoms with Crippen molar-refractivity contribution in [3.05, 3.63) is 70.6 Å². The summed E-state index contributed by atoms with van der Waals surface area (Å²) in [4.78, 5) is 20.5. The average molecular weight is 473 g/mol. The molecular weight excluding hydrogens is 441 g/mol. The molecule has 34 heavy (non-hydrogen) atoms. The van der Waals surface area contributed by atoms with Gasteiger partial charge in [0.1, 0.15) is 0 Å². The van der Waals surface area contributed by atoms with Gasteiger partial charge in [0.05, 0.1) is 17.7 Å². The van der Waals surface area contributed by atoms with Crippen LogP contribution in [0.5, 0.6) is 0 Å². The molecule has 182 valence electrons. The summed E-state index contributed by atoms with van der Waals surface area (Å²) in [6.45, 7) is 10.00. The van der Waals surface area contributed by atoms with Crippen LogP contribution in [0.25, 0.3) is 12.2 Å². The highest BCUT2D eigenvalue weighted by Gasteiger charge is 2.30. The molecule has 2 aliphatic rings. The van der Waals surface area contributed by atoms with Crippen LogP contribution < -0.4 is 5.32 Å². The number of amidine groups is 1. The van der Waals surface area contributed by atoms with Gasteiger partial charge in [-0.05, 0) is 43.8 Å². The Balaban J connectivity index is 0.000000758. The Morgan fingerprint density at radius 1 is 1.21 bits per heavy atom. The van der Waals surface area contributed by atoms with Crippen LogP contribution in [0.1, 0.15) is 59.9 Å². The van der Waals surface area contributed by atoms with Crippen molar-refractivity contribution in [1.29, 1.82) is 0 Å². The van der Waals surface area contributed by atoms with Crippen LogP contribution in [0.15, 0.2) is 52.6 Å². The minimum atomic E-state index is -4.36. The molecule has 1 unspecified atom stereocenters. The Bertz CT molecular complexity index is 1080. The summed E-state index contributed by atoms with van der Waals surface area (Å²) < 4.78 is 40.3. The fourth-order valence-electron chi connectivity index (χ4n) is 3.52. The Morgan fingerprint density at radius 2 is 1.82 bits per heavy atom. The van der Waals surface area contributed by atoms with E-state index >= 15 is 0 Å². The maximum Gasteiger partial charge on any atom is 0.416 e. The van der Waals surface area contributed by atoms with Gasteiger partial charge in [0.25, 0.3) is 0 Å². The van der Waals surface area contributed by atoms with Crippen LogP contribution in [-0.2, 0) is 12.7 Å². The number of alkyl halides is 3. The van der Waals surface area contributed by atoms with Gasteiger partial charge in [-0.15, -0.1) is 0 Å². The third-order valence-corrected chi connectivity index (χ3v) is 4.99. The van der Waals surface area contributed by atoms with Crippen molar-refractivity contribution < 1.29 is 18.0 Å². The summed E-state index contributed by atoms with van der Waals surface area (Å²) in [5.41, 5.74) is 2.25. The smallest absolute Gasteiger partial charge is 0.363 e. The number of benzene rings is 1. The molecule has 1 aliphatic heterocycles. The molecule has 1 N–H and O–H groups in total. The number of rotatable bonds is 4. The van der Waals surface area contributed by atoms with E-state index in [4.69, 9.17) is 0 Å². The molecule has 0 bridgehead atoms. The van der Waals surface area contributed by atoms with E-state index in [1.165, 1.54) is 12.1 Å². The summed E-state index contributed by atoms with van der Waals surface area (Å²) in [5, 5.41) is 3.10. The van der Waals surface area contributed by atoms with Gasteiger partial charge in [0, 0.05) is 37.1 Å². The van der Waals surface area contributed by atoms with E-state index in [9.17, 15) is 18.0 Å². The summed E-state index contributed by atoms with van der Waals surface area (Å²) in [6, 6.07) is 5.22. The van der Waals surface area contributed by atoms with Crippen molar-refractivity contribution in [1.82, 2.24) is 9.88 Å². The third kappa shape index (κ3) is 6.56. The summed E-state index contributed by atoms with van der Waals surface area (Å²) in [6.07, 6.45) is 5.99. The van der Waals surface area contributed by atoms with Gasteiger partial charge >= 0.3 is 6.18 Å². The maximum atomic E-state index is 13.0. The number of hydrogen-bond donors (Lipinski definition) is 1. The second-order valence-electron chi connectivity index (χ2n) is 7.58. The predicted octanol–water partition coefficient (Wildman–Crippen LogP) is 5.90. The van der Waals surface area contributed by atoms with Crippen LogP contribution in [0.3, 0.4) is 0 Å². The molecule has 0 amide bonds. The molecule has 8 heteroatoms. The number of fused-ring (bicyclic) bond motifs is 1. The SMILES string of the molecule is C=NC.CC.CC1CN=C(C(=O)c2cn(Cc3ccc(C(F)(F)F)cc3)c3c2C=CCC=C3)N1. The summed E-state index contributed by atoms with van der Waals surface area (Å²) in [7, 11) is 1.64. The molecule has 0 saturated heterocycles. The highest BCUT2D eigenvalue weighted by Crippen LogP contribution is 2.30. The first kappa shape index (κ1) is 26.8. The Hall–Kier alpha value is -3.42. The van der Waals surface area contributed by atoms with Gasteiger partial charge < -0.3 is 14.9 Å². The minimum Gasteiger partial charge on any atom is -0.363 e. The first-order valence-electron chi connectivity index (χ1n) is 11.2. The van der Waals surface area contributed by atoms with Gasteiger partial charge in [-0.1, -0.05) is 44.2 Å². The number of carbonyl (C=O) groups excluding carboxylic acids is 1. The average Bonchev–Trinajstić information content (AvgIpc) is 3.29. The van der Waals surface area contributed by atoms with Crippen molar-refractivity contribution in [3.8, 4) is 0 Å². The van der Waals surface area contributed by atoms with E-state index in [1.807, 2.05) is 49.6 Å². The van der Waals surface area contributed by atoms with E-state index in [1.54, 1.807) is 13.2 Å². The number of halogens is 3. The number of carbonyl (C=O) groups is 1. The fraction of sp³-hybridized carbons (Fsp3) is 0.346. The van der Waals surface area contributed by atoms with Crippen molar-refractivity contribution in [3.63, 3.8) is 0 Å². The van der Waals surface area contributed by atoms with Crippen LogP contribution in [-0.4, -0.2) is 42.5 Å². The molecule has 0 spiro atoms. The number of aromatic nitrogens is 1. The topological polar surface area (TPSA) is 58.8 Å². The van der Waals surface area contributed by atoms with Crippen molar-refractivity contribution in [2.45, 2.75) is 46.0 Å². The largest absolute Gasteiger partial charge is 0.416 e. The fourth-order valence-corrected chi connectivity index (χ4v) is 3.52. The van der Waals surface area contributed by atoms with Crippen molar-refractivity contribution in [2.24, 2.45) is 9.98 Å². The Kier molecular flexibility index (Phi) is 9.59. The second-order valence-corrected chi connectivity index (χ2v) is 7.58. The van der Waals surface area contributed by atoms with E-state index in [0.29, 0.717) is 24.5 Å². The lowest BCUT2D eigenvalue weighted by Crippen LogP contribution is -2.32. The molecule has 4 rings (SSSR count). The normalized spacial score (nSPS) is 16.1. The Labute approximate surface area is 198 Å². The molecule has 1 atom stereocenters. The Morgan fingerprint density at radius 3 is 2.38 bits per heavy atom. The van der Waals surface area contributed by atoms with Gasteiger partial charge in [-0.25, -0.2) is 0 Å². The zero-order valence-electron chi connectivity index (χ0n) is 20.0. The summed E-state index contributed by atoms with van der Waals surface area (Å²) >= 11 is 0. The molecule has 1 aromatic heterocycles. The standard InChI is InChI=1S/C22H20F3N3O.C2H5N.C2H6/c1-14-11-26-21(27-14)20(29)18-13-28(19-6-4-2-3-5-17(18)19)12-15-7-9-16(10-8-15)22(23,24)25;1-3-2;1-2/h3-10,13-14H,2,11-12H2,1H3,(H,26,27);1H2,2H3;1-2H3. The lowest BCUT2D eigenvalue weighted by Gasteiger charge is -2.10. The van der Waals surface area contributed by atoms with Crippen LogP contribution >= 0.6 is 0 Å². The van der Waals surface area contributed by atoms with Crippen LogP contribution in [0, 0.1) is 0 Å². The van der Waals surface area contributed by atoms with Crippen LogP contribution in [0.4, 0.5) is 13.2 Å². The number of nitrogens with one attached hydrogen (secondary N) is 1. The lowest BCUT2D eigenvalue weighted by atomic mass is 10.1. The summed E-state index contributed by atoms with van der Waals surface area (Å²) in [5.74, 6) is 0.185. The lowest BCUT2D eigenvalue weighted by molar-refractivity contribution is -0.137. The number of nitrogens with zero attached hydrogens (tertiary/aromatic N) is 3. The van der Waals surface area contributed by atoms with E-state index in [2.05, 4.69) is 22.0 Å². The molecule has 0 fully saturated rings. The number of ketones is 1. The zero-order valence-corrected chi connectivity index (χ0v) is 20.0. The highest BCUT2D eigenvalue weighted by atomic mass is 19.4. The maximum absolute atomic E-state index is 13.0. The predicted molar refractivity (Wildman–Crippen MR) is 134 cm³/mol. The van der Waals surface area contributed by atoms with Crippen LogP contribution in [0.2, 0.25) is 0 Å². The number of Topliss-reactive ketones (excluding diaryl/α,β-unsaturated/α-hetero) is 1. The first-order chi connectivity index (χ1) is 16.2. The van der Waals surface area contributed by atoms with E-state index in [-0.39, 0.29) is 11.8 Å². The monoisotopic (exact) mass is 472 g/mol. The molecule has 0 saturated carbocycles. The highest BCUT2D eigenvalue weighted by molar-refractivity contribution is 6.46. The van der Waals surface area contributed by atoms with E-state index < -0.39 is 11.7 Å². The molecular formula is C26H31F3N4O. The third-order valence-electron chi connectivity index (χ3n) is 4.99. The quantitative estimate of drug-likeness (QED) is 0.445. The molecule has 1 aliphatic carbocycles. The molecule has 1 aromatic carbocycles. The number of aliphatic imine (C=N–C) groups is 2. The van der Waals surface area contributed by atoms with Gasteiger partial charge in [-0.2, -0.15) is 13.2 Å². The van der Waals surface area contributed by atoms with Gasteiger partial charge in [0.2, 0.25) is 5.78 Å².